The Morgan fingerprint density at radius 2 is 1.77 bits per heavy atom. The van der Waals surface area contributed by atoms with Gasteiger partial charge in [-0.05, 0) is 30.2 Å². The van der Waals surface area contributed by atoms with E-state index in [2.05, 4.69) is 16.0 Å². The quantitative estimate of drug-likeness (QED) is 0.593. The van der Waals surface area contributed by atoms with Crippen molar-refractivity contribution in [1.29, 1.82) is 0 Å². The van der Waals surface area contributed by atoms with Crippen LogP contribution in [0.4, 0.5) is 15.5 Å². The van der Waals surface area contributed by atoms with Crippen LogP contribution in [0.25, 0.3) is 0 Å². The molecule has 0 fully saturated rings. The molecule has 2 unspecified atom stereocenters. The van der Waals surface area contributed by atoms with Crippen molar-refractivity contribution >= 4 is 39.9 Å². The Morgan fingerprint density at radius 1 is 1.08 bits per heavy atom. The molecule has 4 N–H and O–H groups in total. The van der Waals surface area contributed by atoms with Crippen molar-refractivity contribution in [2.75, 3.05) is 10.6 Å². The van der Waals surface area contributed by atoms with Crippen LogP contribution in [-0.2, 0) is 4.79 Å². The average molecular weight is 375 g/mol. The van der Waals surface area contributed by atoms with E-state index in [4.69, 9.17) is 0 Å². The van der Waals surface area contributed by atoms with Crippen molar-refractivity contribution in [2.45, 2.75) is 26.3 Å². The Morgan fingerprint density at radius 3 is 2.38 bits per heavy atom. The monoisotopic (exact) mass is 375 g/mol. The molecule has 0 saturated carbocycles. The van der Waals surface area contributed by atoms with E-state index in [1.54, 1.807) is 43.3 Å². The molecule has 2 rings (SSSR count). The maximum atomic E-state index is 12.3. The zero-order valence-corrected chi connectivity index (χ0v) is 15.3. The van der Waals surface area contributed by atoms with Crippen molar-refractivity contribution in [3.05, 3.63) is 47.3 Å². The minimum absolute atomic E-state index is 0.189. The molecule has 1 aromatic carbocycles. The lowest BCUT2D eigenvalue weighted by Gasteiger charge is -2.19. The van der Waals surface area contributed by atoms with Crippen molar-refractivity contribution < 1.29 is 19.5 Å². The fraction of sp³-hybridized carbons (Fsp3) is 0.278. The zero-order chi connectivity index (χ0) is 19.1. The van der Waals surface area contributed by atoms with Crippen molar-refractivity contribution in [3.8, 4) is 0 Å². The summed E-state index contributed by atoms with van der Waals surface area (Å²) in [6.45, 7) is 3.64. The van der Waals surface area contributed by atoms with Gasteiger partial charge in [-0.25, -0.2) is 9.59 Å². The molecule has 1 heterocycles. The van der Waals surface area contributed by atoms with E-state index in [0.29, 0.717) is 22.0 Å². The van der Waals surface area contributed by atoms with Crippen LogP contribution in [0.3, 0.4) is 0 Å². The van der Waals surface area contributed by atoms with Crippen LogP contribution in [0.1, 0.15) is 29.9 Å². The molecule has 1 aromatic heterocycles. The molecule has 26 heavy (non-hydrogen) atoms. The predicted molar refractivity (Wildman–Crippen MR) is 102 cm³/mol. The van der Waals surface area contributed by atoms with Crippen LogP contribution >= 0.6 is 11.3 Å². The van der Waals surface area contributed by atoms with Gasteiger partial charge in [0, 0.05) is 5.69 Å². The SMILES string of the molecule is CCC(C)C(NC(=O)c1ccc(NC(=O)Nc2ccccc2)s1)C(=O)O. The van der Waals surface area contributed by atoms with Crippen molar-refractivity contribution in [3.63, 3.8) is 0 Å². The predicted octanol–water partition coefficient (Wildman–Crippen LogP) is 3.62. The van der Waals surface area contributed by atoms with Gasteiger partial charge in [-0.1, -0.05) is 38.5 Å². The lowest BCUT2D eigenvalue weighted by Crippen LogP contribution is -2.44. The molecular weight excluding hydrogens is 354 g/mol. The molecule has 0 aliphatic heterocycles. The highest BCUT2D eigenvalue weighted by Crippen LogP contribution is 2.22. The second-order valence-corrected chi connectivity index (χ2v) is 6.87. The van der Waals surface area contributed by atoms with Crippen LogP contribution in [0, 0.1) is 5.92 Å². The summed E-state index contributed by atoms with van der Waals surface area (Å²) in [4.78, 5) is 35.9. The summed E-state index contributed by atoms with van der Waals surface area (Å²) in [7, 11) is 0. The molecule has 3 amide bonds. The number of aliphatic carboxylic acids is 1. The highest BCUT2D eigenvalue weighted by Gasteiger charge is 2.26. The smallest absolute Gasteiger partial charge is 0.326 e. The maximum Gasteiger partial charge on any atom is 0.326 e. The minimum Gasteiger partial charge on any atom is -0.480 e. The minimum atomic E-state index is -1.06. The van der Waals surface area contributed by atoms with Crippen LogP contribution in [0.2, 0.25) is 0 Å². The van der Waals surface area contributed by atoms with Gasteiger partial charge in [-0.3, -0.25) is 10.1 Å². The van der Waals surface area contributed by atoms with Gasteiger partial charge in [0.25, 0.3) is 5.91 Å². The van der Waals surface area contributed by atoms with Crippen LogP contribution in [0.15, 0.2) is 42.5 Å². The first kappa shape index (κ1) is 19.5. The van der Waals surface area contributed by atoms with Crippen molar-refractivity contribution in [2.24, 2.45) is 5.92 Å². The van der Waals surface area contributed by atoms with E-state index >= 15 is 0 Å². The highest BCUT2D eigenvalue weighted by atomic mass is 32.1. The molecule has 2 aromatic rings. The van der Waals surface area contributed by atoms with E-state index < -0.39 is 23.9 Å². The number of para-hydroxylation sites is 1. The first-order valence-corrected chi connectivity index (χ1v) is 8.99. The zero-order valence-electron chi connectivity index (χ0n) is 14.5. The number of hydrogen-bond donors (Lipinski definition) is 4. The molecule has 138 valence electrons. The molecule has 0 saturated heterocycles. The first-order chi connectivity index (χ1) is 12.4. The van der Waals surface area contributed by atoms with E-state index in [1.165, 1.54) is 0 Å². The van der Waals surface area contributed by atoms with Gasteiger partial charge in [-0.2, -0.15) is 0 Å². The Kier molecular flexibility index (Phi) is 6.74. The third-order valence-electron chi connectivity index (χ3n) is 3.86. The number of carbonyl (C=O) groups is 3. The number of carboxylic acid groups (broad SMARTS) is 1. The van der Waals surface area contributed by atoms with Gasteiger partial charge < -0.3 is 15.7 Å². The topological polar surface area (TPSA) is 108 Å². The summed E-state index contributed by atoms with van der Waals surface area (Å²) >= 11 is 1.08. The Bertz CT molecular complexity index is 776. The first-order valence-electron chi connectivity index (χ1n) is 8.17. The molecule has 8 heteroatoms. The number of anilines is 2. The number of nitrogens with one attached hydrogen (secondary N) is 3. The third-order valence-corrected chi connectivity index (χ3v) is 4.86. The molecule has 0 radical (unpaired) electrons. The summed E-state index contributed by atoms with van der Waals surface area (Å²) in [5, 5.41) is 17.6. The summed E-state index contributed by atoms with van der Waals surface area (Å²) in [6.07, 6.45) is 0.633. The van der Waals surface area contributed by atoms with Gasteiger partial charge >= 0.3 is 12.0 Å². The number of urea groups is 1. The molecular formula is C18H21N3O4S. The van der Waals surface area contributed by atoms with Crippen LogP contribution < -0.4 is 16.0 Å². The maximum absolute atomic E-state index is 12.3. The molecule has 0 bridgehead atoms. The summed E-state index contributed by atoms with van der Waals surface area (Å²) in [6, 6.07) is 10.7. The average Bonchev–Trinajstić information content (AvgIpc) is 3.07. The second-order valence-electron chi connectivity index (χ2n) is 5.78. The molecule has 2 atom stereocenters. The summed E-state index contributed by atoms with van der Waals surface area (Å²) in [5.41, 5.74) is 0.650. The fourth-order valence-corrected chi connectivity index (χ4v) is 3.02. The number of amides is 3. The van der Waals surface area contributed by atoms with E-state index in [9.17, 15) is 19.5 Å². The largest absolute Gasteiger partial charge is 0.480 e. The number of carbonyl (C=O) groups excluding carboxylic acids is 2. The van der Waals surface area contributed by atoms with Crippen molar-refractivity contribution in [1.82, 2.24) is 5.32 Å². The van der Waals surface area contributed by atoms with Gasteiger partial charge in [0.1, 0.15) is 6.04 Å². The Hall–Kier alpha value is -2.87. The summed E-state index contributed by atoms with van der Waals surface area (Å²) < 4.78 is 0. The lowest BCUT2D eigenvalue weighted by atomic mass is 9.99. The molecule has 0 aliphatic carbocycles. The number of carboxylic acids is 1. The van der Waals surface area contributed by atoms with Crippen LogP contribution in [0.5, 0.6) is 0 Å². The third kappa shape index (κ3) is 5.32. The van der Waals surface area contributed by atoms with Crippen LogP contribution in [-0.4, -0.2) is 29.1 Å². The standard InChI is InChI=1S/C18H21N3O4S/c1-3-11(2)15(17(23)24)21-16(22)13-9-10-14(26-13)20-18(25)19-12-7-5-4-6-8-12/h4-11,15H,3H2,1-2H3,(H,21,22)(H,23,24)(H2,19,20,25). The lowest BCUT2D eigenvalue weighted by molar-refractivity contribution is -0.140. The van der Waals surface area contributed by atoms with E-state index in [1.807, 2.05) is 13.0 Å². The van der Waals surface area contributed by atoms with E-state index in [0.717, 1.165) is 11.3 Å². The van der Waals surface area contributed by atoms with Gasteiger partial charge in [0.15, 0.2) is 0 Å². The normalized spacial score (nSPS) is 12.7. The Balaban J connectivity index is 1.96. The Labute approximate surface area is 155 Å². The fourth-order valence-electron chi connectivity index (χ4n) is 2.22. The number of hydrogen-bond acceptors (Lipinski definition) is 4. The number of rotatable bonds is 7. The number of benzene rings is 1. The second kappa shape index (κ2) is 9.00. The van der Waals surface area contributed by atoms with E-state index in [-0.39, 0.29) is 5.92 Å². The summed E-state index contributed by atoms with van der Waals surface area (Å²) in [5.74, 6) is -1.73. The van der Waals surface area contributed by atoms with Gasteiger partial charge in [-0.15, -0.1) is 11.3 Å². The number of thiophene rings is 1. The highest BCUT2D eigenvalue weighted by molar-refractivity contribution is 7.18. The van der Waals surface area contributed by atoms with Gasteiger partial charge in [0.05, 0.1) is 9.88 Å². The van der Waals surface area contributed by atoms with Gasteiger partial charge in [0.2, 0.25) is 0 Å². The molecule has 0 aliphatic rings. The molecule has 7 nitrogen and oxygen atoms in total. The molecule has 0 spiro atoms.